The molecule has 0 aromatic carbocycles. The van der Waals surface area contributed by atoms with Crippen molar-refractivity contribution in [3.63, 3.8) is 0 Å². The highest BCUT2D eigenvalue weighted by Gasteiger charge is 2.35. The second-order valence-electron chi connectivity index (χ2n) is 3.75. The Morgan fingerprint density at radius 2 is 1.73 bits per heavy atom. The third-order valence-electron chi connectivity index (χ3n) is 2.67. The van der Waals surface area contributed by atoms with Crippen molar-refractivity contribution in [3.05, 3.63) is 0 Å². The van der Waals surface area contributed by atoms with Crippen LogP contribution < -0.4 is 11.5 Å². The maximum absolute atomic E-state index is 8.70. The van der Waals surface area contributed by atoms with E-state index in [-0.39, 0.29) is 12.0 Å². The summed E-state index contributed by atoms with van der Waals surface area (Å²) in [7, 11) is 0. The Morgan fingerprint density at radius 3 is 2.00 bits per heavy atom. The van der Waals surface area contributed by atoms with Crippen molar-refractivity contribution in [2.45, 2.75) is 39.3 Å². The van der Waals surface area contributed by atoms with Gasteiger partial charge in [-0.25, -0.2) is 0 Å². The SMILES string of the molecule is CCC(C)(C)C(N)(N)CCO. The van der Waals surface area contributed by atoms with Crippen LogP contribution in [-0.2, 0) is 0 Å². The molecule has 0 aromatic heterocycles. The smallest absolute Gasteiger partial charge is 0.0711 e. The van der Waals surface area contributed by atoms with E-state index in [2.05, 4.69) is 0 Å². The summed E-state index contributed by atoms with van der Waals surface area (Å²) >= 11 is 0. The summed E-state index contributed by atoms with van der Waals surface area (Å²) < 4.78 is 0. The summed E-state index contributed by atoms with van der Waals surface area (Å²) in [5.41, 5.74) is 10.8. The molecule has 0 unspecified atom stereocenters. The lowest BCUT2D eigenvalue weighted by Gasteiger charge is -2.40. The number of aliphatic hydroxyl groups excluding tert-OH is 1. The predicted octanol–water partition coefficient (Wildman–Crippen LogP) is 0.419. The zero-order valence-corrected chi connectivity index (χ0v) is 7.72. The van der Waals surface area contributed by atoms with E-state index in [4.69, 9.17) is 16.6 Å². The molecule has 0 heterocycles. The molecule has 0 fully saturated rings. The Kier molecular flexibility index (Phi) is 3.48. The Bertz CT molecular complexity index is 121. The minimum absolute atomic E-state index is 0.0520. The van der Waals surface area contributed by atoms with Crippen LogP contribution >= 0.6 is 0 Å². The Hall–Kier alpha value is -0.120. The van der Waals surface area contributed by atoms with E-state index in [1.54, 1.807) is 0 Å². The van der Waals surface area contributed by atoms with Crippen molar-refractivity contribution in [3.8, 4) is 0 Å². The zero-order valence-electron chi connectivity index (χ0n) is 7.72. The summed E-state index contributed by atoms with van der Waals surface area (Å²) in [4.78, 5) is 0. The zero-order chi connectivity index (χ0) is 9.12. The van der Waals surface area contributed by atoms with Gasteiger partial charge >= 0.3 is 0 Å². The molecule has 3 heteroatoms. The topological polar surface area (TPSA) is 72.3 Å². The molecule has 0 amide bonds. The standard InChI is InChI=1S/C8H20N2O/c1-4-7(2,3)8(9,10)5-6-11/h11H,4-6,9-10H2,1-3H3. The van der Waals surface area contributed by atoms with E-state index >= 15 is 0 Å². The molecule has 0 saturated heterocycles. The van der Waals surface area contributed by atoms with E-state index < -0.39 is 5.66 Å². The molecule has 0 bridgehead atoms. The van der Waals surface area contributed by atoms with Crippen LogP contribution in [0.4, 0.5) is 0 Å². The van der Waals surface area contributed by atoms with Crippen LogP contribution in [-0.4, -0.2) is 17.4 Å². The molecule has 0 aliphatic heterocycles. The lowest BCUT2D eigenvalue weighted by atomic mass is 9.76. The Balaban J connectivity index is 4.26. The van der Waals surface area contributed by atoms with Gasteiger partial charge in [0, 0.05) is 13.0 Å². The van der Waals surface area contributed by atoms with Crippen molar-refractivity contribution in [1.29, 1.82) is 0 Å². The van der Waals surface area contributed by atoms with Gasteiger partial charge in [-0.05, 0) is 11.8 Å². The first-order chi connectivity index (χ1) is 4.87. The fraction of sp³-hybridized carbons (Fsp3) is 1.00. The van der Waals surface area contributed by atoms with E-state index in [0.717, 1.165) is 6.42 Å². The molecule has 0 atom stereocenters. The molecule has 0 aliphatic rings. The Labute approximate surface area is 68.8 Å². The van der Waals surface area contributed by atoms with Crippen molar-refractivity contribution < 1.29 is 5.11 Å². The third-order valence-corrected chi connectivity index (χ3v) is 2.67. The molecule has 0 aromatic rings. The molecular formula is C8H20N2O. The van der Waals surface area contributed by atoms with Crippen molar-refractivity contribution in [2.24, 2.45) is 16.9 Å². The average molecular weight is 160 g/mol. The van der Waals surface area contributed by atoms with E-state index in [9.17, 15) is 0 Å². The van der Waals surface area contributed by atoms with Crippen LogP contribution in [0.1, 0.15) is 33.6 Å². The van der Waals surface area contributed by atoms with Gasteiger partial charge in [-0.3, -0.25) is 0 Å². The van der Waals surface area contributed by atoms with Gasteiger partial charge in [0.2, 0.25) is 0 Å². The van der Waals surface area contributed by atoms with Crippen LogP contribution in [0.25, 0.3) is 0 Å². The van der Waals surface area contributed by atoms with Gasteiger partial charge in [-0.15, -0.1) is 0 Å². The predicted molar refractivity (Wildman–Crippen MR) is 46.9 cm³/mol. The number of rotatable bonds is 4. The van der Waals surface area contributed by atoms with Gasteiger partial charge in [0.1, 0.15) is 0 Å². The maximum Gasteiger partial charge on any atom is 0.0711 e. The largest absolute Gasteiger partial charge is 0.396 e. The molecule has 68 valence electrons. The van der Waals surface area contributed by atoms with E-state index in [1.807, 2.05) is 20.8 Å². The molecular weight excluding hydrogens is 140 g/mol. The summed E-state index contributed by atoms with van der Waals surface area (Å²) in [5.74, 6) is 0. The first kappa shape index (κ1) is 10.9. The van der Waals surface area contributed by atoms with Gasteiger partial charge < -0.3 is 16.6 Å². The molecule has 5 N–H and O–H groups in total. The number of aliphatic hydroxyl groups is 1. The highest BCUT2D eigenvalue weighted by Crippen LogP contribution is 2.30. The fourth-order valence-corrected chi connectivity index (χ4v) is 0.853. The van der Waals surface area contributed by atoms with Crippen LogP contribution in [0.2, 0.25) is 0 Å². The first-order valence-corrected chi connectivity index (χ1v) is 4.06. The summed E-state index contributed by atoms with van der Waals surface area (Å²) in [5, 5.41) is 8.70. The Morgan fingerprint density at radius 1 is 1.27 bits per heavy atom. The highest BCUT2D eigenvalue weighted by atomic mass is 16.3. The van der Waals surface area contributed by atoms with E-state index in [1.165, 1.54) is 0 Å². The van der Waals surface area contributed by atoms with Crippen LogP contribution in [0.15, 0.2) is 0 Å². The highest BCUT2D eigenvalue weighted by molar-refractivity contribution is 4.91. The van der Waals surface area contributed by atoms with Crippen molar-refractivity contribution >= 4 is 0 Å². The molecule has 0 radical (unpaired) electrons. The number of hydrogen-bond acceptors (Lipinski definition) is 3. The number of nitrogens with two attached hydrogens (primary N) is 2. The summed E-state index contributed by atoms with van der Waals surface area (Å²) in [6.45, 7) is 6.13. The summed E-state index contributed by atoms with van der Waals surface area (Å²) in [6, 6.07) is 0. The normalized spacial score (nSPS) is 13.6. The second-order valence-corrected chi connectivity index (χ2v) is 3.75. The maximum atomic E-state index is 8.70. The quantitative estimate of drug-likeness (QED) is 0.522. The minimum Gasteiger partial charge on any atom is -0.396 e. The minimum atomic E-state index is -0.753. The van der Waals surface area contributed by atoms with Crippen molar-refractivity contribution in [1.82, 2.24) is 0 Å². The van der Waals surface area contributed by atoms with Gasteiger partial charge in [-0.2, -0.15) is 0 Å². The van der Waals surface area contributed by atoms with Crippen LogP contribution in [0, 0.1) is 5.41 Å². The third kappa shape index (κ3) is 2.43. The van der Waals surface area contributed by atoms with Gasteiger partial charge in [0.05, 0.1) is 5.66 Å². The first-order valence-electron chi connectivity index (χ1n) is 4.06. The van der Waals surface area contributed by atoms with Gasteiger partial charge in [-0.1, -0.05) is 20.8 Å². The van der Waals surface area contributed by atoms with Crippen LogP contribution in [0.3, 0.4) is 0 Å². The lowest BCUT2D eigenvalue weighted by molar-refractivity contribution is 0.121. The number of hydrogen-bond donors (Lipinski definition) is 3. The molecule has 0 saturated carbocycles. The van der Waals surface area contributed by atoms with Crippen LogP contribution in [0.5, 0.6) is 0 Å². The monoisotopic (exact) mass is 160 g/mol. The molecule has 11 heavy (non-hydrogen) atoms. The van der Waals surface area contributed by atoms with E-state index in [0.29, 0.717) is 6.42 Å². The summed E-state index contributed by atoms with van der Waals surface area (Å²) in [6.07, 6.45) is 1.37. The second kappa shape index (κ2) is 3.52. The van der Waals surface area contributed by atoms with Gasteiger partial charge in [0.15, 0.2) is 0 Å². The van der Waals surface area contributed by atoms with Gasteiger partial charge in [0.25, 0.3) is 0 Å². The molecule has 0 spiro atoms. The molecule has 0 rings (SSSR count). The molecule has 0 aliphatic carbocycles. The fourth-order valence-electron chi connectivity index (χ4n) is 0.853. The lowest BCUT2D eigenvalue weighted by Crippen LogP contribution is -2.60. The van der Waals surface area contributed by atoms with Crippen molar-refractivity contribution in [2.75, 3.05) is 6.61 Å². The average Bonchev–Trinajstić information content (AvgIpc) is 1.87. The molecule has 3 nitrogen and oxygen atoms in total.